The molecule has 1 aliphatic rings. The van der Waals surface area contributed by atoms with E-state index < -0.39 is 16.1 Å². The van der Waals surface area contributed by atoms with Crippen molar-refractivity contribution in [2.24, 2.45) is 5.41 Å². The van der Waals surface area contributed by atoms with Gasteiger partial charge in [0.1, 0.15) is 4.90 Å². The Bertz CT molecular complexity index is 957. The molecule has 2 heterocycles. The predicted molar refractivity (Wildman–Crippen MR) is 103 cm³/mol. The SMILES string of the molecule is Cc1cnc2c(S(=O)(=O)NC(=O)NCCC3CC(C)(C)CO3)cccc2c1. The van der Waals surface area contributed by atoms with Crippen LogP contribution in [0.2, 0.25) is 0 Å². The summed E-state index contributed by atoms with van der Waals surface area (Å²) in [6.07, 6.45) is 3.26. The maximum Gasteiger partial charge on any atom is 0.328 e. The normalized spacial score (nSPS) is 19.1. The lowest BCUT2D eigenvalue weighted by atomic mass is 9.90. The molecule has 0 radical (unpaired) electrons. The van der Waals surface area contributed by atoms with Gasteiger partial charge in [0.15, 0.2) is 0 Å². The Morgan fingerprint density at radius 2 is 2.15 bits per heavy atom. The van der Waals surface area contributed by atoms with Gasteiger partial charge in [-0.15, -0.1) is 0 Å². The molecule has 3 rings (SSSR count). The number of fused-ring (bicyclic) bond motifs is 1. The van der Waals surface area contributed by atoms with Crippen molar-refractivity contribution in [3.8, 4) is 0 Å². The van der Waals surface area contributed by atoms with Crippen LogP contribution in [-0.2, 0) is 14.8 Å². The van der Waals surface area contributed by atoms with Crippen LogP contribution in [0.25, 0.3) is 10.9 Å². The highest BCUT2D eigenvalue weighted by atomic mass is 32.2. The summed E-state index contributed by atoms with van der Waals surface area (Å²) in [6.45, 7) is 7.20. The van der Waals surface area contributed by atoms with E-state index >= 15 is 0 Å². The number of pyridine rings is 1. The van der Waals surface area contributed by atoms with Crippen molar-refractivity contribution in [2.75, 3.05) is 13.2 Å². The second-order valence-electron chi connectivity index (χ2n) is 7.79. The number of benzene rings is 1. The number of nitrogens with one attached hydrogen (secondary N) is 2. The van der Waals surface area contributed by atoms with Crippen LogP contribution >= 0.6 is 0 Å². The number of hydrogen-bond acceptors (Lipinski definition) is 5. The number of hydrogen-bond donors (Lipinski definition) is 2. The molecule has 1 aromatic carbocycles. The zero-order valence-electron chi connectivity index (χ0n) is 15.8. The van der Waals surface area contributed by atoms with E-state index in [9.17, 15) is 13.2 Å². The number of carbonyl (C=O) groups excluding carboxylic acids is 1. The van der Waals surface area contributed by atoms with Crippen LogP contribution in [0.1, 0.15) is 32.3 Å². The van der Waals surface area contributed by atoms with Gasteiger partial charge in [0.25, 0.3) is 10.0 Å². The Morgan fingerprint density at radius 3 is 2.85 bits per heavy atom. The Labute approximate surface area is 159 Å². The third kappa shape index (κ3) is 4.75. The molecule has 1 saturated heterocycles. The molecule has 0 saturated carbocycles. The molecule has 0 aliphatic carbocycles. The van der Waals surface area contributed by atoms with Crippen LogP contribution in [0.3, 0.4) is 0 Å². The van der Waals surface area contributed by atoms with Gasteiger partial charge in [-0.1, -0.05) is 26.0 Å². The molecule has 8 heteroatoms. The highest BCUT2D eigenvalue weighted by Crippen LogP contribution is 2.32. The lowest BCUT2D eigenvalue weighted by Crippen LogP contribution is -2.40. The van der Waals surface area contributed by atoms with Crippen LogP contribution in [0.5, 0.6) is 0 Å². The second kappa shape index (κ2) is 7.44. The minimum absolute atomic E-state index is 0.0176. The second-order valence-corrected chi connectivity index (χ2v) is 9.44. The van der Waals surface area contributed by atoms with E-state index in [0.717, 1.165) is 12.0 Å². The van der Waals surface area contributed by atoms with Gasteiger partial charge in [0.2, 0.25) is 0 Å². The zero-order chi connectivity index (χ0) is 19.7. The first-order valence-corrected chi connectivity index (χ1v) is 10.4. The van der Waals surface area contributed by atoms with Gasteiger partial charge in [-0.2, -0.15) is 0 Å². The molecule has 1 unspecified atom stereocenters. The average molecular weight is 391 g/mol. The number of aryl methyl sites for hydroxylation is 1. The minimum atomic E-state index is -4.02. The molecule has 1 fully saturated rings. The maximum atomic E-state index is 12.6. The number of nitrogens with zero attached hydrogens (tertiary/aromatic N) is 1. The van der Waals surface area contributed by atoms with Gasteiger partial charge >= 0.3 is 6.03 Å². The molecule has 0 bridgehead atoms. The number of amides is 2. The summed E-state index contributed by atoms with van der Waals surface area (Å²) in [5, 5.41) is 3.30. The quantitative estimate of drug-likeness (QED) is 0.817. The fourth-order valence-electron chi connectivity index (χ4n) is 3.28. The summed E-state index contributed by atoms with van der Waals surface area (Å²) in [7, 11) is -4.02. The Morgan fingerprint density at radius 1 is 1.37 bits per heavy atom. The van der Waals surface area contributed by atoms with Crippen molar-refractivity contribution in [3.05, 3.63) is 36.0 Å². The summed E-state index contributed by atoms with van der Waals surface area (Å²) < 4.78 is 33.0. The van der Waals surface area contributed by atoms with Crippen LogP contribution < -0.4 is 10.0 Å². The van der Waals surface area contributed by atoms with E-state index in [0.29, 0.717) is 30.5 Å². The number of para-hydroxylation sites is 1. The largest absolute Gasteiger partial charge is 0.378 e. The predicted octanol–water partition coefficient (Wildman–Crippen LogP) is 2.74. The molecule has 1 aromatic heterocycles. The first-order chi connectivity index (χ1) is 12.7. The molecule has 2 N–H and O–H groups in total. The molecule has 146 valence electrons. The highest BCUT2D eigenvalue weighted by Gasteiger charge is 2.31. The first kappa shape index (κ1) is 19.6. The van der Waals surface area contributed by atoms with Crippen molar-refractivity contribution in [1.82, 2.24) is 15.0 Å². The van der Waals surface area contributed by atoms with Crippen LogP contribution in [0.4, 0.5) is 4.79 Å². The van der Waals surface area contributed by atoms with E-state index in [2.05, 4.69) is 28.9 Å². The topological polar surface area (TPSA) is 97.4 Å². The Balaban J connectivity index is 1.62. The standard InChI is InChI=1S/C19H25N3O4S/c1-13-9-14-5-4-6-16(17(14)21-11-13)27(24,25)22-18(23)20-8-7-15-10-19(2,3)12-26-15/h4-6,9,11,15H,7-8,10,12H2,1-3H3,(H2,20,22,23). The van der Waals surface area contributed by atoms with Crippen LogP contribution in [-0.4, -0.2) is 38.7 Å². The fraction of sp³-hybridized carbons (Fsp3) is 0.474. The van der Waals surface area contributed by atoms with E-state index in [1.807, 2.05) is 13.0 Å². The Kier molecular flexibility index (Phi) is 5.39. The van der Waals surface area contributed by atoms with Crippen LogP contribution in [0, 0.1) is 12.3 Å². The van der Waals surface area contributed by atoms with E-state index in [4.69, 9.17) is 4.74 Å². The van der Waals surface area contributed by atoms with E-state index in [1.54, 1.807) is 18.3 Å². The summed E-state index contributed by atoms with van der Waals surface area (Å²) in [4.78, 5) is 16.3. The molecule has 1 atom stereocenters. The zero-order valence-corrected chi connectivity index (χ0v) is 16.6. The lowest BCUT2D eigenvalue weighted by Gasteiger charge is -2.14. The number of ether oxygens (including phenoxy) is 1. The number of urea groups is 1. The molecular weight excluding hydrogens is 366 g/mol. The van der Waals surface area contributed by atoms with Gasteiger partial charge in [0.05, 0.1) is 18.2 Å². The first-order valence-electron chi connectivity index (χ1n) is 8.94. The lowest BCUT2D eigenvalue weighted by molar-refractivity contribution is 0.0943. The van der Waals surface area contributed by atoms with Crippen LogP contribution in [0.15, 0.2) is 35.4 Å². The molecule has 2 aromatic rings. The monoisotopic (exact) mass is 391 g/mol. The van der Waals surface area contributed by atoms with Crippen molar-refractivity contribution >= 4 is 27.0 Å². The molecule has 2 amide bonds. The minimum Gasteiger partial charge on any atom is -0.378 e. The number of sulfonamides is 1. The number of rotatable bonds is 5. The molecular formula is C19H25N3O4S. The van der Waals surface area contributed by atoms with Crippen molar-refractivity contribution < 1.29 is 17.9 Å². The van der Waals surface area contributed by atoms with Gasteiger partial charge < -0.3 is 10.1 Å². The third-order valence-corrected chi connectivity index (χ3v) is 5.93. The highest BCUT2D eigenvalue weighted by molar-refractivity contribution is 7.90. The van der Waals surface area contributed by atoms with Crippen molar-refractivity contribution in [2.45, 2.75) is 44.6 Å². The van der Waals surface area contributed by atoms with Crippen molar-refractivity contribution in [1.29, 1.82) is 0 Å². The third-order valence-electron chi connectivity index (χ3n) is 4.57. The van der Waals surface area contributed by atoms with Gasteiger partial charge in [-0.05, 0) is 42.9 Å². The Hall–Kier alpha value is -2.19. The van der Waals surface area contributed by atoms with Gasteiger partial charge in [-0.3, -0.25) is 4.98 Å². The molecule has 27 heavy (non-hydrogen) atoms. The smallest absolute Gasteiger partial charge is 0.328 e. The summed E-state index contributed by atoms with van der Waals surface area (Å²) in [6, 6.07) is 5.96. The summed E-state index contributed by atoms with van der Waals surface area (Å²) in [5.41, 5.74) is 1.42. The average Bonchev–Trinajstić information content (AvgIpc) is 2.92. The van der Waals surface area contributed by atoms with Gasteiger partial charge in [-0.25, -0.2) is 17.9 Å². The van der Waals surface area contributed by atoms with Gasteiger partial charge in [0, 0.05) is 18.1 Å². The summed E-state index contributed by atoms with van der Waals surface area (Å²) >= 11 is 0. The molecule has 7 nitrogen and oxygen atoms in total. The number of aromatic nitrogens is 1. The van der Waals surface area contributed by atoms with Crippen molar-refractivity contribution in [3.63, 3.8) is 0 Å². The van der Waals surface area contributed by atoms with E-state index in [1.165, 1.54) is 6.07 Å². The molecule has 1 aliphatic heterocycles. The molecule has 0 spiro atoms. The number of carbonyl (C=O) groups is 1. The summed E-state index contributed by atoms with van der Waals surface area (Å²) in [5.74, 6) is 0. The van der Waals surface area contributed by atoms with E-state index in [-0.39, 0.29) is 16.4 Å². The maximum absolute atomic E-state index is 12.6. The fourth-order valence-corrected chi connectivity index (χ4v) is 4.39.